The van der Waals surface area contributed by atoms with Crippen LogP contribution in [-0.4, -0.2) is 53.4 Å². The van der Waals surface area contributed by atoms with Gasteiger partial charge in [-0.15, -0.1) is 0 Å². The van der Waals surface area contributed by atoms with Crippen molar-refractivity contribution in [1.29, 1.82) is 0 Å². The molecule has 0 bridgehead atoms. The second-order valence-electron chi connectivity index (χ2n) is 4.65. The smallest absolute Gasteiger partial charge is 0.257 e. The molecule has 1 aliphatic rings. The lowest BCUT2D eigenvalue weighted by Gasteiger charge is -2.37. The first-order chi connectivity index (χ1) is 8.63. The van der Waals surface area contributed by atoms with E-state index in [4.69, 9.17) is 5.84 Å². The number of nitrogens with one attached hydrogen (secondary N) is 1. The van der Waals surface area contributed by atoms with Crippen molar-refractivity contribution in [3.05, 3.63) is 24.0 Å². The molecule has 0 saturated carbocycles. The maximum absolute atomic E-state index is 12.4. The van der Waals surface area contributed by atoms with Crippen molar-refractivity contribution in [1.82, 2.24) is 14.8 Å². The van der Waals surface area contributed by atoms with Crippen LogP contribution in [0.25, 0.3) is 0 Å². The second-order valence-corrected chi connectivity index (χ2v) is 4.65. The van der Waals surface area contributed by atoms with E-state index >= 15 is 0 Å². The molecule has 1 unspecified atom stereocenters. The van der Waals surface area contributed by atoms with Crippen molar-refractivity contribution in [2.45, 2.75) is 13.0 Å². The topological polar surface area (TPSA) is 74.5 Å². The number of hydrogen-bond donors (Lipinski definition) is 2. The molecule has 1 atom stereocenters. The fourth-order valence-electron chi connectivity index (χ4n) is 2.09. The zero-order chi connectivity index (χ0) is 13.1. The second kappa shape index (κ2) is 5.32. The zero-order valence-corrected chi connectivity index (χ0v) is 10.8. The van der Waals surface area contributed by atoms with Crippen LogP contribution in [0.3, 0.4) is 0 Å². The third kappa shape index (κ3) is 2.44. The monoisotopic (exact) mass is 249 g/mol. The Morgan fingerprint density at radius 2 is 2.33 bits per heavy atom. The van der Waals surface area contributed by atoms with Gasteiger partial charge in [0.05, 0.1) is 11.3 Å². The predicted molar refractivity (Wildman–Crippen MR) is 70.0 cm³/mol. The molecule has 3 N–H and O–H groups in total. The molecule has 1 aromatic heterocycles. The summed E-state index contributed by atoms with van der Waals surface area (Å²) in [5.74, 6) is 5.39. The number of nitrogens with two attached hydrogens (primary N) is 1. The van der Waals surface area contributed by atoms with Gasteiger partial charge in [-0.25, -0.2) is 0 Å². The molecule has 0 spiro atoms. The molecule has 2 rings (SSSR count). The van der Waals surface area contributed by atoms with Crippen molar-refractivity contribution in [2.75, 3.05) is 32.1 Å². The summed E-state index contributed by atoms with van der Waals surface area (Å²) in [6.07, 6.45) is 3.17. The molecule has 98 valence electrons. The van der Waals surface area contributed by atoms with Crippen LogP contribution in [0.1, 0.15) is 17.3 Å². The fraction of sp³-hybridized carbons (Fsp3) is 0.500. The lowest BCUT2D eigenvalue weighted by Crippen LogP contribution is -2.52. The largest absolute Gasteiger partial charge is 0.336 e. The highest BCUT2D eigenvalue weighted by Crippen LogP contribution is 2.17. The Hall–Kier alpha value is -1.66. The van der Waals surface area contributed by atoms with E-state index in [-0.39, 0.29) is 5.91 Å². The maximum atomic E-state index is 12.4. The Morgan fingerprint density at radius 1 is 1.56 bits per heavy atom. The van der Waals surface area contributed by atoms with E-state index in [2.05, 4.69) is 29.3 Å². The Labute approximate surface area is 107 Å². The predicted octanol–water partition coefficient (Wildman–Crippen LogP) is 0.143. The molecule has 6 heteroatoms. The molecule has 0 radical (unpaired) electrons. The first-order valence-corrected chi connectivity index (χ1v) is 6.03. The van der Waals surface area contributed by atoms with Crippen LogP contribution in [0.15, 0.2) is 18.5 Å². The molecule has 1 aromatic rings. The number of hydrazine groups is 1. The molecule has 6 nitrogen and oxygen atoms in total. The third-order valence-electron chi connectivity index (χ3n) is 3.45. The average Bonchev–Trinajstić information content (AvgIpc) is 2.41. The van der Waals surface area contributed by atoms with E-state index in [1.54, 1.807) is 18.5 Å². The number of aromatic nitrogens is 1. The number of rotatable bonds is 2. The Kier molecular flexibility index (Phi) is 3.78. The van der Waals surface area contributed by atoms with Gasteiger partial charge < -0.3 is 15.2 Å². The van der Waals surface area contributed by atoms with Gasteiger partial charge in [-0.3, -0.25) is 15.6 Å². The number of nitrogen functional groups attached to an aromatic ring is 1. The summed E-state index contributed by atoms with van der Waals surface area (Å²) < 4.78 is 0. The molecular weight excluding hydrogens is 230 g/mol. The van der Waals surface area contributed by atoms with Gasteiger partial charge in [0.15, 0.2) is 0 Å². The average molecular weight is 249 g/mol. The van der Waals surface area contributed by atoms with Gasteiger partial charge in [-0.2, -0.15) is 0 Å². The fourth-order valence-corrected chi connectivity index (χ4v) is 2.09. The van der Waals surface area contributed by atoms with Crippen molar-refractivity contribution in [2.24, 2.45) is 5.84 Å². The van der Waals surface area contributed by atoms with Gasteiger partial charge >= 0.3 is 0 Å². The molecule has 18 heavy (non-hydrogen) atoms. The van der Waals surface area contributed by atoms with Crippen LogP contribution in [0.2, 0.25) is 0 Å². The van der Waals surface area contributed by atoms with Gasteiger partial charge in [-0.05, 0) is 20.0 Å². The lowest BCUT2D eigenvalue weighted by atomic mass is 10.1. The minimum Gasteiger partial charge on any atom is -0.336 e. The minimum absolute atomic E-state index is 0.0176. The quantitative estimate of drug-likeness (QED) is 0.576. The summed E-state index contributed by atoms with van der Waals surface area (Å²) in [6.45, 7) is 4.47. The molecule has 0 aliphatic carbocycles. The molecule has 2 heterocycles. The summed E-state index contributed by atoms with van der Waals surface area (Å²) in [7, 11) is 2.07. The molecule has 1 amide bonds. The molecular formula is C12H19N5O. The van der Waals surface area contributed by atoms with Gasteiger partial charge in [0.1, 0.15) is 0 Å². The number of hydrogen-bond acceptors (Lipinski definition) is 5. The SMILES string of the molecule is CC1CN(C(=O)c2cnccc2NN)CCN1C. The number of nitrogens with zero attached hydrogens (tertiary/aromatic N) is 3. The summed E-state index contributed by atoms with van der Waals surface area (Å²) in [4.78, 5) is 20.5. The normalized spacial score (nSPS) is 20.8. The molecule has 1 saturated heterocycles. The number of carbonyl (C=O) groups is 1. The Bertz CT molecular complexity index is 436. The first-order valence-electron chi connectivity index (χ1n) is 6.03. The van der Waals surface area contributed by atoms with Crippen LogP contribution in [0.4, 0.5) is 5.69 Å². The van der Waals surface area contributed by atoms with Gasteiger partial charge in [0, 0.05) is 38.1 Å². The standard InChI is InChI=1S/C12H19N5O/c1-9-8-17(6-5-16(9)2)12(18)10-7-14-4-3-11(10)15-13/h3-4,7,9H,5-6,8,13H2,1-2H3,(H,14,15). The van der Waals surface area contributed by atoms with Crippen LogP contribution < -0.4 is 11.3 Å². The van der Waals surface area contributed by atoms with E-state index in [0.717, 1.165) is 19.6 Å². The van der Waals surface area contributed by atoms with E-state index in [1.807, 2.05) is 4.90 Å². The van der Waals surface area contributed by atoms with E-state index in [1.165, 1.54) is 0 Å². The number of pyridine rings is 1. The van der Waals surface area contributed by atoms with Crippen LogP contribution in [-0.2, 0) is 0 Å². The van der Waals surface area contributed by atoms with Crippen molar-refractivity contribution < 1.29 is 4.79 Å². The highest BCUT2D eigenvalue weighted by Gasteiger charge is 2.26. The Balaban J connectivity index is 2.16. The third-order valence-corrected chi connectivity index (χ3v) is 3.45. The number of amides is 1. The maximum Gasteiger partial charge on any atom is 0.257 e. The number of piperazine rings is 1. The summed E-state index contributed by atoms with van der Waals surface area (Å²) in [5, 5.41) is 0. The van der Waals surface area contributed by atoms with Gasteiger partial charge in [0.25, 0.3) is 5.91 Å². The highest BCUT2D eigenvalue weighted by molar-refractivity contribution is 5.99. The van der Waals surface area contributed by atoms with Crippen molar-refractivity contribution in [3.63, 3.8) is 0 Å². The van der Waals surface area contributed by atoms with Crippen LogP contribution in [0, 0.1) is 0 Å². The minimum atomic E-state index is -0.0176. The highest BCUT2D eigenvalue weighted by atomic mass is 16.2. The van der Waals surface area contributed by atoms with Crippen LogP contribution in [0.5, 0.6) is 0 Å². The van der Waals surface area contributed by atoms with Gasteiger partial charge in [-0.1, -0.05) is 0 Å². The Morgan fingerprint density at radius 3 is 3.00 bits per heavy atom. The summed E-state index contributed by atoms with van der Waals surface area (Å²) >= 11 is 0. The summed E-state index contributed by atoms with van der Waals surface area (Å²) in [5.41, 5.74) is 3.67. The molecule has 1 aliphatic heterocycles. The molecule has 1 fully saturated rings. The number of likely N-dealkylation sites (N-methyl/N-ethyl adjacent to an activating group) is 1. The van der Waals surface area contributed by atoms with E-state index < -0.39 is 0 Å². The molecule has 0 aromatic carbocycles. The van der Waals surface area contributed by atoms with Gasteiger partial charge in [0.2, 0.25) is 0 Å². The number of carbonyl (C=O) groups excluding carboxylic acids is 1. The first kappa shape index (κ1) is 12.8. The summed E-state index contributed by atoms with van der Waals surface area (Å²) in [6, 6.07) is 2.07. The van der Waals surface area contributed by atoms with Crippen molar-refractivity contribution >= 4 is 11.6 Å². The van der Waals surface area contributed by atoms with E-state index in [0.29, 0.717) is 17.3 Å². The lowest BCUT2D eigenvalue weighted by molar-refractivity contribution is 0.0573. The van der Waals surface area contributed by atoms with Crippen LogP contribution >= 0.6 is 0 Å². The van der Waals surface area contributed by atoms with Crippen molar-refractivity contribution in [3.8, 4) is 0 Å². The van der Waals surface area contributed by atoms with E-state index in [9.17, 15) is 4.79 Å². The zero-order valence-electron chi connectivity index (χ0n) is 10.8. The number of anilines is 1.